The molecule has 0 spiro atoms. The second-order valence-corrected chi connectivity index (χ2v) is 4.35. The topological polar surface area (TPSA) is 108 Å². The van der Waals surface area contributed by atoms with Crippen molar-refractivity contribution >= 4 is 11.9 Å². The maximum atomic E-state index is 11.7. The van der Waals surface area contributed by atoms with E-state index in [-0.39, 0.29) is 18.3 Å². The van der Waals surface area contributed by atoms with Crippen LogP contribution in [0.4, 0.5) is 0 Å². The van der Waals surface area contributed by atoms with Crippen molar-refractivity contribution < 1.29 is 14.7 Å². The molecule has 0 aliphatic heterocycles. The van der Waals surface area contributed by atoms with Gasteiger partial charge in [-0.2, -0.15) is 0 Å². The van der Waals surface area contributed by atoms with Gasteiger partial charge in [-0.05, 0) is 6.42 Å². The number of carboxylic acid groups (broad SMARTS) is 1. The number of nitrogens with one attached hydrogen (secondary N) is 2. The molecular formula is C11H18N4O3. The summed E-state index contributed by atoms with van der Waals surface area (Å²) in [5.74, 6) is -1.14. The Kier molecular flexibility index (Phi) is 4.82. The van der Waals surface area contributed by atoms with Gasteiger partial charge in [-0.25, -0.2) is 4.98 Å². The molecule has 0 aromatic carbocycles. The van der Waals surface area contributed by atoms with Crippen LogP contribution in [0.2, 0.25) is 0 Å². The molecule has 18 heavy (non-hydrogen) atoms. The van der Waals surface area contributed by atoms with E-state index >= 15 is 0 Å². The molecule has 1 heterocycles. The van der Waals surface area contributed by atoms with Crippen LogP contribution in [0.25, 0.3) is 0 Å². The summed E-state index contributed by atoms with van der Waals surface area (Å²) in [4.78, 5) is 26.5. The lowest BCUT2D eigenvalue weighted by Crippen LogP contribution is -2.33. The number of rotatable bonds is 6. The molecule has 100 valence electrons. The molecule has 1 aromatic heterocycles. The molecule has 1 amide bonds. The zero-order valence-corrected chi connectivity index (χ0v) is 10.7. The minimum Gasteiger partial charge on any atom is -0.481 e. The van der Waals surface area contributed by atoms with Crippen LogP contribution in [-0.4, -0.2) is 38.7 Å². The predicted molar refractivity (Wildman–Crippen MR) is 64.2 cm³/mol. The molecule has 7 nitrogen and oxygen atoms in total. The summed E-state index contributed by atoms with van der Waals surface area (Å²) >= 11 is 0. The van der Waals surface area contributed by atoms with E-state index in [0.717, 1.165) is 0 Å². The van der Waals surface area contributed by atoms with Gasteiger partial charge < -0.3 is 10.4 Å². The molecule has 3 N–H and O–H groups in total. The average molecular weight is 254 g/mol. The SMILES string of the molecule is CCC(CNC(=O)c1n[nH]c(C(C)C)n1)C(=O)O. The first kappa shape index (κ1) is 14.1. The molecule has 0 aliphatic carbocycles. The van der Waals surface area contributed by atoms with Crippen LogP contribution in [-0.2, 0) is 4.79 Å². The molecule has 1 aromatic rings. The zero-order valence-electron chi connectivity index (χ0n) is 10.7. The maximum absolute atomic E-state index is 11.7. The Morgan fingerprint density at radius 1 is 1.44 bits per heavy atom. The van der Waals surface area contributed by atoms with Crippen LogP contribution < -0.4 is 5.32 Å². The van der Waals surface area contributed by atoms with Crippen molar-refractivity contribution in [3.05, 3.63) is 11.6 Å². The third kappa shape index (κ3) is 3.54. The molecule has 0 aliphatic rings. The number of aromatic nitrogens is 3. The molecule has 0 bridgehead atoms. The lowest BCUT2D eigenvalue weighted by molar-refractivity contribution is -0.141. The van der Waals surface area contributed by atoms with Gasteiger partial charge in [0.25, 0.3) is 5.91 Å². The van der Waals surface area contributed by atoms with E-state index in [1.807, 2.05) is 13.8 Å². The van der Waals surface area contributed by atoms with Crippen molar-refractivity contribution in [3.63, 3.8) is 0 Å². The van der Waals surface area contributed by atoms with E-state index < -0.39 is 17.8 Å². The van der Waals surface area contributed by atoms with Crippen molar-refractivity contribution in [2.24, 2.45) is 5.92 Å². The monoisotopic (exact) mass is 254 g/mol. The molecular weight excluding hydrogens is 236 g/mol. The van der Waals surface area contributed by atoms with Crippen LogP contribution in [0.1, 0.15) is 49.6 Å². The molecule has 0 fully saturated rings. The van der Waals surface area contributed by atoms with Crippen LogP contribution in [0.5, 0.6) is 0 Å². The Bertz CT molecular complexity index is 428. The van der Waals surface area contributed by atoms with Crippen LogP contribution >= 0.6 is 0 Å². The highest BCUT2D eigenvalue weighted by Crippen LogP contribution is 2.07. The van der Waals surface area contributed by atoms with Gasteiger partial charge in [-0.3, -0.25) is 14.7 Å². The van der Waals surface area contributed by atoms with Gasteiger partial charge in [0.05, 0.1) is 5.92 Å². The van der Waals surface area contributed by atoms with Crippen LogP contribution in [0.15, 0.2) is 0 Å². The van der Waals surface area contributed by atoms with Gasteiger partial charge >= 0.3 is 5.97 Å². The van der Waals surface area contributed by atoms with E-state index in [2.05, 4.69) is 20.5 Å². The number of hydrogen-bond acceptors (Lipinski definition) is 4. The molecule has 0 saturated heterocycles. The van der Waals surface area contributed by atoms with E-state index in [9.17, 15) is 9.59 Å². The van der Waals surface area contributed by atoms with Crippen LogP contribution in [0, 0.1) is 5.92 Å². The minimum absolute atomic E-state index is 0.0407. The van der Waals surface area contributed by atoms with Crippen molar-refractivity contribution in [2.75, 3.05) is 6.54 Å². The third-order valence-electron chi connectivity index (χ3n) is 2.60. The Labute approximate surface area is 105 Å². The lowest BCUT2D eigenvalue weighted by atomic mass is 10.1. The fourth-order valence-corrected chi connectivity index (χ4v) is 1.34. The lowest BCUT2D eigenvalue weighted by Gasteiger charge is -2.09. The fraction of sp³-hybridized carbons (Fsp3) is 0.636. The van der Waals surface area contributed by atoms with Gasteiger partial charge in [0.2, 0.25) is 5.82 Å². The Morgan fingerprint density at radius 2 is 2.11 bits per heavy atom. The molecule has 7 heteroatoms. The van der Waals surface area contributed by atoms with E-state index in [4.69, 9.17) is 5.11 Å². The largest absolute Gasteiger partial charge is 0.481 e. The fourth-order valence-electron chi connectivity index (χ4n) is 1.34. The summed E-state index contributed by atoms with van der Waals surface area (Å²) in [5.41, 5.74) is 0. The number of amides is 1. The summed E-state index contributed by atoms with van der Waals surface area (Å²) in [7, 11) is 0. The highest BCUT2D eigenvalue weighted by atomic mass is 16.4. The Balaban J connectivity index is 2.57. The number of nitrogens with zero attached hydrogens (tertiary/aromatic N) is 2. The average Bonchev–Trinajstić information content (AvgIpc) is 2.78. The summed E-state index contributed by atoms with van der Waals surface area (Å²) in [5, 5.41) is 17.8. The summed E-state index contributed by atoms with van der Waals surface area (Å²) in [6.07, 6.45) is 0.459. The first-order valence-corrected chi connectivity index (χ1v) is 5.89. The van der Waals surface area contributed by atoms with Crippen molar-refractivity contribution in [1.82, 2.24) is 20.5 Å². The first-order chi connectivity index (χ1) is 8.45. The maximum Gasteiger partial charge on any atom is 0.308 e. The molecule has 0 radical (unpaired) electrons. The highest BCUT2D eigenvalue weighted by Gasteiger charge is 2.18. The number of carboxylic acids is 1. The second-order valence-electron chi connectivity index (χ2n) is 4.35. The van der Waals surface area contributed by atoms with Gasteiger partial charge in [-0.15, -0.1) is 5.10 Å². The zero-order chi connectivity index (χ0) is 13.7. The van der Waals surface area contributed by atoms with Crippen molar-refractivity contribution in [1.29, 1.82) is 0 Å². The number of carbonyl (C=O) groups excluding carboxylic acids is 1. The summed E-state index contributed by atoms with van der Waals surface area (Å²) in [6, 6.07) is 0. The second kappa shape index (κ2) is 6.13. The molecule has 1 unspecified atom stereocenters. The van der Waals surface area contributed by atoms with Gasteiger partial charge in [0.1, 0.15) is 5.82 Å². The third-order valence-corrected chi connectivity index (χ3v) is 2.60. The summed E-state index contributed by atoms with van der Waals surface area (Å²) in [6.45, 7) is 5.70. The highest BCUT2D eigenvalue weighted by molar-refractivity contribution is 5.90. The van der Waals surface area contributed by atoms with Crippen molar-refractivity contribution in [2.45, 2.75) is 33.1 Å². The van der Waals surface area contributed by atoms with Gasteiger partial charge in [-0.1, -0.05) is 20.8 Å². The standard InChI is InChI=1S/C11H18N4O3/c1-4-7(11(17)18)5-12-10(16)9-13-8(6(2)3)14-15-9/h6-7H,4-5H2,1-3H3,(H,12,16)(H,17,18)(H,13,14,15). The van der Waals surface area contributed by atoms with E-state index in [1.54, 1.807) is 6.92 Å². The van der Waals surface area contributed by atoms with E-state index in [1.165, 1.54) is 0 Å². The van der Waals surface area contributed by atoms with Crippen molar-refractivity contribution in [3.8, 4) is 0 Å². The smallest absolute Gasteiger partial charge is 0.308 e. The van der Waals surface area contributed by atoms with Crippen LogP contribution in [0.3, 0.4) is 0 Å². The molecule has 0 saturated carbocycles. The summed E-state index contributed by atoms with van der Waals surface area (Å²) < 4.78 is 0. The van der Waals surface area contributed by atoms with E-state index in [0.29, 0.717) is 12.2 Å². The Hall–Kier alpha value is -1.92. The number of carbonyl (C=O) groups is 2. The number of hydrogen-bond donors (Lipinski definition) is 3. The number of aliphatic carboxylic acids is 1. The van der Waals surface area contributed by atoms with Gasteiger partial charge in [0, 0.05) is 12.5 Å². The van der Waals surface area contributed by atoms with Gasteiger partial charge in [0.15, 0.2) is 0 Å². The molecule has 1 atom stereocenters. The quantitative estimate of drug-likeness (QED) is 0.694. The predicted octanol–water partition coefficient (Wildman–Crippen LogP) is 0.769. The first-order valence-electron chi connectivity index (χ1n) is 5.89. The number of aromatic amines is 1. The Morgan fingerprint density at radius 3 is 2.56 bits per heavy atom. The minimum atomic E-state index is -0.921. The normalized spacial score (nSPS) is 12.4. The molecule has 1 rings (SSSR count). The number of H-pyrrole nitrogens is 1.